The van der Waals surface area contributed by atoms with E-state index in [2.05, 4.69) is 16.4 Å². The number of fused-ring (bicyclic) bond motifs is 1. The van der Waals surface area contributed by atoms with E-state index in [9.17, 15) is 5.11 Å². The summed E-state index contributed by atoms with van der Waals surface area (Å²) in [5.41, 5.74) is 0.384. The zero-order valence-electron chi connectivity index (χ0n) is 10.2. The van der Waals surface area contributed by atoms with Gasteiger partial charge in [0.25, 0.3) is 0 Å². The molecule has 4 heteroatoms. The van der Waals surface area contributed by atoms with Gasteiger partial charge >= 0.3 is 0 Å². The minimum atomic E-state index is -0.627. The predicted octanol–water partition coefficient (Wildman–Crippen LogP) is 3.26. The highest BCUT2D eigenvalue weighted by atomic mass is 32.1. The Balaban J connectivity index is 2.09. The molecule has 1 heterocycles. The van der Waals surface area contributed by atoms with Crippen molar-refractivity contribution in [3.8, 4) is 0 Å². The van der Waals surface area contributed by atoms with E-state index < -0.39 is 5.60 Å². The van der Waals surface area contributed by atoms with Crippen LogP contribution in [0.2, 0.25) is 0 Å². The summed E-state index contributed by atoms with van der Waals surface area (Å²) in [5, 5.41) is 14.3. The van der Waals surface area contributed by atoms with Crippen molar-refractivity contribution in [1.82, 2.24) is 4.98 Å². The third-order valence-corrected chi connectivity index (χ3v) is 4.17. The van der Waals surface area contributed by atoms with Crippen LogP contribution in [0.15, 0.2) is 24.3 Å². The average Bonchev–Trinajstić information content (AvgIpc) is 2.79. The monoisotopic (exact) mass is 250 g/mol. The van der Waals surface area contributed by atoms with E-state index in [4.69, 9.17) is 0 Å². The summed E-state index contributed by atoms with van der Waals surface area (Å²) in [6, 6.07) is 8.06. The van der Waals surface area contributed by atoms with Crippen molar-refractivity contribution in [2.24, 2.45) is 0 Å². The average molecular weight is 250 g/mol. The maximum absolute atomic E-state index is 10.2. The minimum absolute atomic E-state index is 0.555. The van der Waals surface area contributed by atoms with E-state index in [1.807, 2.05) is 32.0 Å². The number of aliphatic hydroxyl groups is 1. The molecule has 0 aliphatic rings. The van der Waals surface area contributed by atoms with E-state index in [0.717, 1.165) is 23.5 Å². The standard InChI is InChI=1S/C13H18N2OS/c1-3-13(16,4-2)9-14-12-15-10-7-5-6-8-11(10)17-12/h5-8,16H,3-4,9H2,1-2H3,(H,14,15). The molecule has 3 nitrogen and oxygen atoms in total. The van der Waals surface area contributed by atoms with Crippen molar-refractivity contribution in [2.75, 3.05) is 11.9 Å². The first-order valence-corrected chi connectivity index (χ1v) is 6.80. The molecule has 0 amide bonds. The van der Waals surface area contributed by atoms with Crippen molar-refractivity contribution >= 4 is 26.7 Å². The molecule has 0 fully saturated rings. The molecule has 17 heavy (non-hydrogen) atoms. The van der Waals surface area contributed by atoms with Gasteiger partial charge in [0.2, 0.25) is 0 Å². The number of para-hydroxylation sites is 1. The Morgan fingerprint density at radius 1 is 1.29 bits per heavy atom. The van der Waals surface area contributed by atoms with E-state index in [0.29, 0.717) is 6.54 Å². The largest absolute Gasteiger partial charge is 0.388 e. The molecule has 0 saturated carbocycles. The normalized spacial score (nSPS) is 11.9. The quantitative estimate of drug-likeness (QED) is 0.856. The zero-order chi connectivity index (χ0) is 12.3. The molecule has 92 valence electrons. The molecule has 0 saturated heterocycles. The molecule has 2 rings (SSSR count). The van der Waals surface area contributed by atoms with Crippen LogP contribution in [0.3, 0.4) is 0 Å². The molecule has 0 aliphatic heterocycles. The fourth-order valence-corrected chi connectivity index (χ4v) is 2.55. The highest BCUT2D eigenvalue weighted by Gasteiger charge is 2.22. The molecule has 1 aromatic heterocycles. The van der Waals surface area contributed by atoms with E-state index in [1.165, 1.54) is 4.70 Å². The number of rotatable bonds is 5. The van der Waals surface area contributed by atoms with Crippen molar-refractivity contribution < 1.29 is 5.11 Å². The van der Waals surface area contributed by atoms with E-state index >= 15 is 0 Å². The lowest BCUT2D eigenvalue weighted by Crippen LogP contribution is -2.35. The topological polar surface area (TPSA) is 45.1 Å². The smallest absolute Gasteiger partial charge is 0.183 e. The first-order chi connectivity index (χ1) is 8.17. The summed E-state index contributed by atoms with van der Waals surface area (Å²) in [7, 11) is 0. The predicted molar refractivity (Wildman–Crippen MR) is 73.6 cm³/mol. The number of hydrogen-bond donors (Lipinski definition) is 2. The lowest BCUT2D eigenvalue weighted by atomic mass is 9.98. The number of nitrogens with zero attached hydrogens (tertiary/aromatic N) is 1. The molecular formula is C13H18N2OS. The summed E-state index contributed by atoms with van der Waals surface area (Å²) in [6.45, 7) is 4.56. The van der Waals surface area contributed by atoms with Crippen LogP contribution in [-0.2, 0) is 0 Å². The highest BCUT2D eigenvalue weighted by molar-refractivity contribution is 7.22. The van der Waals surface area contributed by atoms with Crippen LogP contribution >= 0.6 is 11.3 Å². The Bertz CT molecular complexity index is 458. The van der Waals surface area contributed by atoms with Crippen molar-refractivity contribution in [3.63, 3.8) is 0 Å². The van der Waals surface area contributed by atoms with Gasteiger partial charge in [0.1, 0.15) is 0 Å². The molecule has 0 unspecified atom stereocenters. The van der Waals surface area contributed by atoms with Gasteiger partial charge in [0.15, 0.2) is 5.13 Å². The van der Waals surface area contributed by atoms with Crippen LogP contribution in [0.25, 0.3) is 10.2 Å². The second kappa shape index (κ2) is 5.02. The molecule has 0 aliphatic carbocycles. The van der Waals surface area contributed by atoms with Gasteiger partial charge in [-0.15, -0.1) is 0 Å². The lowest BCUT2D eigenvalue weighted by Gasteiger charge is -2.25. The molecular weight excluding hydrogens is 232 g/mol. The van der Waals surface area contributed by atoms with Gasteiger partial charge in [-0.2, -0.15) is 0 Å². The summed E-state index contributed by atoms with van der Waals surface area (Å²) < 4.78 is 1.17. The van der Waals surface area contributed by atoms with Gasteiger partial charge in [-0.1, -0.05) is 37.3 Å². The number of anilines is 1. The van der Waals surface area contributed by atoms with Gasteiger partial charge < -0.3 is 10.4 Å². The van der Waals surface area contributed by atoms with Gasteiger partial charge in [0.05, 0.1) is 15.8 Å². The Morgan fingerprint density at radius 3 is 2.65 bits per heavy atom. The van der Waals surface area contributed by atoms with Gasteiger partial charge in [-0.3, -0.25) is 0 Å². The molecule has 0 spiro atoms. The van der Waals surface area contributed by atoms with Crippen LogP contribution in [0.4, 0.5) is 5.13 Å². The molecule has 2 aromatic rings. The SMILES string of the molecule is CCC(O)(CC)CNc1nc2ccccc2s1. The van der Waals surface area contributed by atoms with E-state index in [-0.39, 0.29) is 0 Å². The third kappa shape index (κ3) is 2.76. The number of aromatic nitrogens is 1. The summed E-state index contributed by atoms with van der Waals surface area (Å²) in [4.78, 5) is 4.48. The molecule has 1 aromatic carbocycles. The molecule has 0 radical (unpaired) electrons. The fraction of sp³-hybridized carbons (Fsp3) is 0.462. The number of hydrogen-bond acceptors (Lipinski definition) is 4. The zero-order valence-corrected chi connectivity index (χ0v) is 11.0. The lowest BCUT2D eigenvalue weighted by molar-refractivity contribution is 0.0457. The third-order valence-electron chi connectivity index (χ3n) is 3.18. The summed E-state index contributed by atoms with van der Waals surface area (Å²) in [5.74, 6) is 0. The Morgan fingerprint density at radius 2 is 2.00 bits per heavy atom. The molecule has 0 bridgehead atoms. The maximum atomic E-state index is 10.2. The van der Waals surface area contributed by atoms with E-state index in [1.54, 1.807) is 11.3 Å². The van der Waals surface area contributed by atoms with Gasteiger partial charge in [-0.25, -0.2) is 4.98 Å². The van der Waals surface area contributed by atoms with Gasteiger partial charge in [-0.05, 0) is 25.0 Å². The van der Waals surface area contributed by atoms with Gasteiger partial charge in [0, 0.05) is 6.54 Å². The highest BCUT2D eigenvalue weighted by Crippen LogP contribution is 2.26. The fourth-order valence-electron chi connectivity index (χ4n) is 1.69. The van der Waals surface area contributed by atoms with Crippen LogP contribution in [0, 0.1) is 0 Å². The summed E-state index contributed by atoms with van der Waals surface area (Å²) in [6.07, 6.45) is 1.50. The molecule has 2 N–H and O–H groups in total. The Hall–Kier alpha value is -1.13. The second-order valence-corrected chi connectivity index (χ2v) is 5.30. The number of benzene rings is 1. The van der Waals surface area contributed by atoms with Crippen LogP contribution in [0.1, 0.15) is 26.7 Å². The van der Waals surface area contributed by atoms with Crippen LogP contribution < -0.4 is 5.32 Å². The first kappa shape index (κ1) is 12.3. The minimum Gasteiger partial charge on any atom is -0.388 e. The molecule has 0 atom stereocenters. The van der Waals surface area contributed by atoms with Crippen molar-refractivity contribution in [2.45, 2.75) is 32.3 Å². The number of thiazole rings is 1. The van der Waals surface area contributed by atoms with Crippen molar-refractivity contribution in [3.05, 3.63) is 24.3 Å². The second-order valence-electron chi connectivity index (χ2n) is 4.27. The maximum Gasteiger partial charge on any atom is 0.183 e. The Labute approximate surface area is 106 Å². The first-order valence-electron chi connectivity index (χ1n) is 5.98. The van der Waals surface area contributed by atoms with Crippen LogP contribution in [0.5, 0.6) is 0 Å². The summed E-state index contributed by atoms with van der Waals surface area (Å²) >= 11 is 1.63. The van der Waals surface area contributed by atoms with Crippen molar-refractivity contribution in [1.29, 1.82) is 0 Å². The Kier molecular flexibility index (Phi) is 3.64. The number of nitrogens with one attached hydrogen (secondary N) is 1. The van der Waals surface area contributed by atoms with Crippen LogP contribution in [-0.4, -0.2) is 22.2 Å².